The highest BCUT2D eigenvalue weighted by molar-refractivity contribution is 5.99. The van der Waals surface area contributed by atoms with Crippen LogP contribution in [-0.4, -0.2) is 11.8 Å². The predicted octanol–water partition coefficient (Wildman–Crippen LogP) is 1.09. The maximum Gasteiger partial charge on any atom is 0.229 e. The van der Waals surface area contributed by atoms with E-state index in [0.717, 1.165) is 12.3 Å². The van der Waals surface area contributed by atoms with Crippen LogP contribution in [0.4, 0.5) is 0 Å². The van der Waals surface area contributed by atoms with Gasteiger partial charge in [-0.05, 0) is 36.5 Å². The first kappa shape index (κ1) is 8.45. The lowest BCUT2D eigenvalue weighted by atomic mass is 9.67. The zero-order valence-electron chi connectivity index (χ0n) is 8.38. The highest BCUT2D eigenvalue weighted by Crippen LogP contribution is 2.67. The molecule has 3 nitrogen and oxygen atoms in total. The van der Waals surface area contributed by atoms with Gasteiger partial charge < -0.3 is 0 Å². The van der Waals surface area contributed by atoms with E-state index >= 15 is 0 Å². The fourth-order valence-corrected chi connectivity index (χ4v) is 3.67. The van der Waals surface area contributed by atoms with Gasteiger partial charge in [-0.25, -0.2) is 0 Å². The molecule has 1 saturated heterocycles. The summed E-state index contributed by atoms with van der Waals surface area (Å²) < 4.78 is 0. The largest absolute Gasteiger partial charge is 0.296 e. The minimum Gasteiger partial charge on any atom is -0.296 e. The molecular weight excluding hydrogens is 178 g/mol. The SMILES string of the molecule is CC1C(=O)NC(=O)CC12CCC1CC12. The summed E-state index contributed by atoms with van der Waals surface area (Å²) in [5.41, 5.74) is 0.0457. The third-order valence-corrected chi connectivity index (χ3v) is 4.65. The van der Waals surface area contributed by atoms with Crippen molar-refractivity contribution >= 4 is 11.8 Å². The first-order valence-corrected chi connectivity index (χ1v) is 5.47. The summed E-state index contributed by atoms with van der Waals surface area (Å²) in [5.74, 6) is 1.44. The van der Waals surface area contributed by atoms with Crippen LogP contribution in [-0.2, 0) is 9.59 Å². The van der Waals surface area contributed by atoms with Crippen molar-refractivity contribution in [3.63, 3.8) is 0 Å². The molecule has 1 heterocycles. The average Bonchev–Trinajstić information content (AvgIpc) is 2.83. The lowest BCUT2D eigenvalue weighted by Gasteiger charge is -2.39. The molecule has 0 aromatic heterocycles. The number of fused-ring (bicyclic) bond motifs is 2. The second-order valence-corrected chi connectivity index (χ2v) is 5.19. The Morgan fingerprint density at radius 3 is 2.79 bits per heavy atom. The van der Waals surface area contributed by atoms with Crippen molar-refractivity contribution < 1.29 is 9.59 Å². The molecule has 3 fully saturated rings. The van der Waals surface area contributed by atoms with Crippen molar-refractivity contribution in [2.45, 2.75) is 32.6 Å². The van der Waals surface area contributed by atoms with Crippen LogP contribution in [0.25, 0.3) is 0 Å². The molecule has 0 aromatic carbocycles. The summed E-state index contributed by atoms with van der Waals surface area (Å²) in [6.07, 6.45) is 4.16. The van der Waals surface area contributed by atoms with E-state index in [1.807, 2.05) is 6.92 Å². The van der Waals surface area contributed by atoms with Crippen molar-refractivity contribution in [1.29, 1.82) is 0 Å². The molecule has 2 aliphatic carbocycles. The topological polar surface area (TPSA) is 46.2 Å². The van der Waals surface area contributed by atoms with Crippen molar-refractivity contribution in [2.75, 3.05) is 0 Å². The quantitative estimate of drug-likeness (QED) is 0.585. The molecule has 76 valence electrons. The molecular formula is C11H15NO2. The Kier molecular flexibility index (Phi) is 1.44. The number of carbonyl (C=O) groups excluding carboxylic acids is 2. The first-order chi connectivity index (χ1) is 6.63. The van der Waals surface area contributed by atoms with Gasteiger partial charge in [0, 0.05) is 12.3 Å². The van der Waals surface area contributed by atoms with E-state index in [2.05, 4.69) is 5.32 Å². The number of rotatable bonds is 0. The summed E-state index contributed by atoms with van der Waals surface area (Å²) >= 11 is 0. The maximum absolute atomic E-state index is 11.6. The van der Waals surface area contributed by atoms with Gasteiger partial charge >= 0.3 is 0 Å². The van der Waals surface area contributed by atoms with E-state index in [1.54, 1.807) is 0 Å². The molecule has 4 atom stereocenters. The Labute approximate surface area is 83.2 Å². The van der Waals surface area contributed by atoms with Crippen molar-refractivity contribution in [1.82, 2.24) is 5.32 Å². The molecule has 3 rings (SSSR count). The van der Waals surface area contributed by atoms with Gasteiger partial charge in [0.2, 0.25) is 11.8 Å². The number of hydrogen-bond acceptors (Lipinski definition) is 2. The van der Waals surface area contributed by atoms with Gasteiger partial charge in [-0.1, -0.05) is 6.92 Å². The number of carbonyl (C=O) groups is 2. The van der Waals surface area contributed by atoms with Crippen molar-refractivity contribution in [2.24, 2.45) is 23.2 Å². The Hall–Kier alpha value is -0.860. The molecule has 2 saturated carbocycles. The molecule has 4 unspecified atom stereocenters. The van der Waals surface area contributed by atoms with Crippen LogP contribution in [0.5, 0.6) is 0 Å². The summed E-state index contributed by atoms with van der Waals surface area (Å²) in [6, 6.07) is 0. The van der Waals surface area contributed by atoms with Gasteiger partial charge in [-0.3, -0.25) is 14.9 Å². The van der Waals surface area contributed by atoms with Crippen LogP contribution < -0.4 is 5.32 Å². The van der Waals surface area contributed by atoms with Gasteiger partial charge in [0.1, 0.15) is 0 Å². The van der Waals surface area contributed by atoms with E-state index in [9.17, 15) is 9.59 Å². The second-order valence-electron chi connectivity index (χ2n) is 5.19. The van der Waals surface area contributed by atoms with E-state index < -0.39 is 0 Å². The number of hydrogen-bond donors (Lipinski definition) is 1. The third-order valence-electron chi connectivity index (χ3n) is 4.65. The molecule has 2 amide bonds. The fraction of sp³-hybridized carbons (Fsp3) is 0.818. The van der Waals surface area contributed by atoms with Gasteiger partial charge in [0.15, 0.2) is 0 Å². The number of imide groups is 1. The van der Waals surface area contributed by atoms with Crippen molar-refractivity contribution in [3.05, 3.63) is 0 Å². The van der Waals surface area contributed by atoms with E-state index in [-0.39, 0.29) is 23.1 Å². The summed E-state index contributed by atoms with van der Waals surface area (Å²) in [4.78, 5) is 23.0. The number of nitrogens with one attached hydrogen (secondary N) is 1. The minimum atomic E-state index is -0.0550. The summed E-state index contributed by atoms with van der Waals surface area (Å²) in [6.45, 7) is 1.99. The molecule has 1 aliphatic heterocycles. The van der Waals surface area contributed by atoms with Gasteiger partial charge in [-0.15, -0.1) is 0 Å². The highest BCUT2D eigenvalue weighted by Gasteiger charge is 2.62. The lowest BCUT2D eigenvalue weighted by Crippen LogP contribution is -2.51. The van der Waals surface area contributed by atoms with Crippen LogP contribution in [0.15, 0.2) is 0 Å². The Morgan fingerprint density at radius 2 is 2.21 bits per heavy atom. The normalized spacial score (nSPS) is 50.5. The molecule has 3 heteroatoms. The van der Waals surface area contributed by atoms with E-state index in [0.29, 0.717) is 12.3 Å². The Morgan fingerprint density at radius 1 is 1.43 bits per heavy atom. The maximum atomic E-state index is 11.6. The zero-order valence-corrected chi connectivity index (χ0v) is 8.38. The van der Waals surface area contributed by atoms with Gasteiger partial charge in [-0.2, -0.15) is 0 Å². The molecule has 0 bridgehead atoms. The molecule has 0 aromatic rings. The fourth-order valence-electron chi connectivity index (χ4n) is 3.67. The smallest absolute Gasteiger partial charge is 0.229 e. The summed E-state index contributed by atoms with van der Waals surface area (Å²) in [5, 5.41) is 2.44. The first-order valence-electron chi connectivity index (χ1n) is 5.47. The van der Waals surface area contributed by atoms with Crippen LogP contribution in [0.3, 0.4) is 0 Å². The molecule has 1 N–H and O–H groups in total. The predicted molar refractivity (Wildman–Crippen MR) is 50.2 cm³/mol. The Balaban J connectivity index is 1.96. The van der Waals surface area contributed by atoms with Gasteiger partial charge in [0.25, 0.3) is 0 Å². The monoisotopic (exact) mass is 193 g/mol. The zero-order chi connectivity index (χ0) is 9.92. The Bertz CT molecular complexity index is 325. The van der Waals surface area contributed by atoms with E-state index in [1.165, 1.54) is 12.8 Å². The average molecular weight is 193 g/mol. The minimum absolute atomic E-state index is 0.0395. The van der Waals surface area contributed by atoms with Crippen LogP contribution in [0.2, 0.25) is 0 Å². The molecule has 3 aliphatic rings. The van der Waals surface area contributed by atoms with Crippen LogP contribution in [0, 0.1) is 23.2 Å². The van der Waals surface area contributed by atoms with Crippen molar-refractivity contribution in [3.8, 4) is 0 Å². The third kappa shape index (κ3) is 0.877. The van der Waals surface area contributed by atoms with Crippen LogP contribution >= 0.6 is 0 Å². The van der Waals surface area contributed by atoms with Crippen LogP contribution in [0.1, 0.15) is 32.6 Å². The lowest BCUT2D eigenvalue weighted by molar-refractivity contribution is -0.143. The summed E-state index contributed by atoms with van der Waals surface area (Å²) in [7, 11) is 0. The highest BCUT2D eigenvalue weighted by atomic mass is 16.2. The molecule has 0 radical (unpaired) electrons. The molecule has 1 spiro atoms. The van der Waals surface area contributed by atoms with Gasteiger partial charge in [0.05, 0.1) is 0 Å². The number of amides is 2. The standard InChI is InChI=1S/C11H15NO2/c1-6-10(14)12-9(13)5-11(6)3-2-7-4-8(7)11/h6-8H,2-5H2,1H3,(H,12,13,14). The molecule has 14 heavy (non-hydrogen) atoms. The van der Waals surface area contributed by atoms with E-state index in [4.69, 9.17) is 0 Å². The second kappa shape index (κ2) is 2.38. The number of piperidine rings is 1.